The second-order valence-electron chi connectivity index (χ2n) is 4.17. The van der Waals surface area contributed by atoms with E-state index in [1.807, 2.05) is 0 Å². The lowest BCUT2D eigenvalue weighted by molar-refractivity contribution is -0.143. The van der Waals surface area contributed by atoms with Gasteiger partial charge in [-0.2, -0.15) is 0 Å². The van der Waals surface area contributed by atoms with Crippen LogP contribution in [0.3, 0.4) is 0 Å². The number of nitrogens with zero attached hydrogens (tertiary/aromatic N) is 1. The van der Waals surface area contributed by atoms with E-state index in [-0.39, 0.29) is 31.2 Å². The Labute approximate surface area is 110 Å². The zero-order chi connectivity index (χ0) is 14.0. The predicted octanol–water partition coefficient (Wildman–Crippen LogP) is 0.304. The minimum Gasteiger partial charge on any atom is -0.465 e. The van der Waals surface area contributed by atoms with Crippen molar-refractivity contribution in [2.24, 2.45) is 5.73 Å². The number of amides is 2. The monoisotopic (exact) mass is 262 g/mol. The van der Waals surface area contributed by atoms with Gasteiger partial charge in [-0.1, -0.05) is 12.1 Å². The Morgan fingerprint density at radius 3 is 2.79 bits per heavy atom. The molecule has 2 amide bonds. The fraction of sp³-hybridized carbons (Fsp3) is 0.308. The summed E-state index contributed by atoms with van der Waals surface area (Å²) in [5.74, 6) is -1.48. The Hall–Kier alpha value is -2.37. The number of fused-ring (bicyclic) bond motifs is 1. The first-order valence-electron chi connectivity index (χ1n) is 5.91. The Morgan fingerprint density at radius 2 is 2.16 bits per heavy atom. The van der Waals surface area contributed by atoms with Crippen molar-refractivity contribution in [2.75, 3.05) is 13.2 Å². The van der Waals surface area contributed by atoms with Crippen LogP contribution in [0.15, 0.2) is 18.2 Å². The van der Waals surface area contributed by atoms with E-state index in [0.717, 1.165) is 0 Å². The average molecular weight is 262 g/mol. The highest BCUT2D eigenvalue weighted by Crippen LogP contribution is 2.25. The summed E-state index contributed by atoms with van der Waals surface area (Å²) in [6, 6.07) is 4.91. The van der Waals surface area contributed by atoms with E-state index in [1.54, 1.807) is 19.1 Å². The van der Waals surface area contributed by atoms with Crippen molar-refractivity contribution in [2.45, 2.75) is 13.5 Å². The first-order chi connectivity index (χ1) is 9.04. The maximum atomic E-state index is 12.2. The standard InChI is InChI=1S/C13H14N2O4/c1-2-19-10(16)7-15-6-8-4-3-5-9(12(14)17)11(8)13(15)18/h3-5H,2,6-7H2,1H3,(H2,14,17). The molecule has 6 nitrogen and oxygen atoms in total. The van der Waals surface area contributed by atoms with Gasteiger partial charge in [0, 0.05) is 6.54 Å². The number of rotatable bonds is 4. The molecule has 1 aromatic rings. The minimum atomic E-state index is -0.650. The Balaban J connectivity index is 2.25. The van der Waals surface area contributed by atoms with Crippen LogP contribution in [0.4, 0.5) is 0 Å². The summed E-state index contributed by atoms with van der Waals surface area (Å²) in [4.78, 5) is 36.2. The highest BCUT2D eigenvalue weighted by molar-refractivity contribution is 6.09. The van der Waals surface area contributed by atoms with Crippen molar-refractivity contribution in [3.8, 4) is 0 Å². The quantitative estimate of drug-likeness (QED) is 0.790. The molecule has 0 bridgehead atoms. The maximum Gasteiger partial charge on any atom is 0.325 e. The molecule has 0 fully saturated rings. The SMILES string of the molecule is CCOC(=O)CN1Cc2cccc(C(N)=O)c2C1=O. The second-order valence-corrected chi connectivity index (χ2v) is 4.17. The first kappa shape index (κ1) is 13.1. The molecule has 0 radical (unpaired) electrons. The summed E-state index contributed by atoms with van der Waals surface area (Å²) in [7, 11) is 0. The predicted molar refractivity (Wildman–Crippen MR) is 66.3 cm³/mol. The van der Waals surface area contributed by atoms with Crippen molar-refractivity contribution in [3.05, 3.63) is 34.9 Å². The lowest BCUT2D eigenvalue weighted by Gasteiger charge is -2.14. The van der Waals surface area contributed by atoms with Gasteiger partial charge in [-0.25, -0.2) is 0 Å². The summed E-state index contributed by atoms with van der Waals surface area (Å²) in [5, 5.41) is 0. The molecular weight excluding hydrogens is 248 g/mol. The molecule has 0 saturated heterocycles. The summed E-state index contributed by atoms with van der Waals surface area (Å²) in [6.07, 6.45) is 0. The van der Waals surface area contributed by atoms with Gasteiger partial charge in [-0.15, -0.1) is 0 Å². The molecule has 2 N–H and O–H groups in total. The number of nitrogens with two attached hydrogens (primary N) is 1. The molecule has 1 heterocycles. The third kappa shape index (κ3) is 2.42. The van der Waals surface area contributed by atoms with Crippen LogP contribution in [0.2, 0.25) is 0 Å². The van der Waals surface area contributed by atoms with Crippen molar-refractivity contribution in [1.29, 1.82) is 0 Å². The molecule has 0 spiro atoms. The van der Waals surface area contributed by atoms with E-state index in [0.29, 0.717) is 11.1 Å². The van der Waals surface area contributed by atoms with E-state index in [9.17, 15) is 14.4 Å². The maximum absolute atomic E-state index is 12.2. The van der Waals surface area contributed by atoms with Crippen LogP contribution in [0.1, 0.15) is 33.2 Å². The summed E-state index contributed by atoms with van der Waals surface area (Å²) < 4.78 is 4.80. The Bertz CT molecular complexity index is 554. The number of benzene rings is 1. The Kier molecular flexibility index (Phi) is 3.50. The van der Waals surface area contributed by atoms with Crippen LogP contribution in [0, 0.1) is 0 Å². The molecule has 19 heavy (non-hydrogen) atoms. The average Bonchev–Trinajstić information content (AvgIpc) is 2.66. The van der Waals surface area contributed by atoms with E-state index in [4.69, 9.17) is 10.5 Å². The van der Waals surface area contributed by atoms with Crippen LogP contribution < -0.4 is 5.73 Å². The van der Waals surface area contributed by atoms with Gasteiger partial charge in [0.2, 0.25) is 5.91 Å². The minimum absolute atomic E-state index is 0.125. The van der Waals surface area contributed by atoms with E-state index in [1.165, 1.54) is 11.0 Å². The highest BCUT2D eigenvalue weighted by atomic mass is 16.5. The zero-order valence-electron chi connectivity index (χ0n) is 10.5. The summed E-state index contributed by atoms with van der Waals surface area (Å²) in [6.45, 7) is 2.12. The number of primary amides is 1. The van der Waals surface area contributed by atoms with Crippen LogP contribution in [-0.2, 0) is 16.1 Å². The van der Waals surface area contributed by atoms with E-state index < -0.39 is 11.9 Å². The normalized spacial score (nSPS) is 13.3. The Morgan fingerprint density at radius 1 is 1.42 bits per heavy atom. The van der Waals surface area contributed by atoms with Crippen LogP contribution >= 0.6 is 0 Å². The molecule has 0 unspecified atom stereocenters. The molecule has 2 rings (SSSR count). The largest absolute Gasteiger partial charge is 0.465 e. The lowest BCUT2D eigenvalue weighted by atomic mass is 10.0. The number of carbonyl (C=O) groups excluding carboxylic acids is 3. The number of esters is 1. The van der Waals surface area contributed by atoms with Crippen LogP contribution in [-0.4, -0.2) is 35.8 Å². The van der Waals surface area contributed by atoms with E-state index in [2.05, 4.69) is 0 Å². The number of ether oxygens (including phenoxy) is 1. The first-order valence-corrected chi connectivity index (χ1v) is 5.91. The van der Waals surface area contributed by atoms with Gasteiger partial charge in [0.05, 0.1) is 17.7 Å². The highest BCUT2D eigenvalue weighted by Gasteiger charge is 2.32. The van der Waals surface area contributed by atoms with Gasteiger partial charge in [-0.05, 0) is 18.6 Å². The van der Waals surface area contributed by atoms with E-state index >= 15 is 0 Å². The molecule has 100 valence electrons. The van der Waals surface area contributed by atoms with Gasteiger partial charge in [0.1, 0.15) is 6.54 Å². The summed E-state index contributed by atoms with van der Waals surface area (Å²) in [5.41, 5.74) is 6.42. The third-order valence-corrected chi connectivity index (χ3v) is 2.90. The van der Waals surface area contributed by atoms with Crippen molar-refractivity contribution in [1.82, 2.24) is 4.90 Å². The smallest absolute Gasteiger partial charge is 0.325 e. The van der Waals surface area contributed by atoms with Gasteiger partial charge in [0.25, 0.3) is 5.91 Å². The number of hydrogen-bond acceptors (Lipinski definition) is 4. The molecule has 0 saturated carbocycles. The fourth-order valence-corrected chi connectivity index (χ4v) is 2.12. The third-order valence-electron chi connectivity index (χ3n) is 2.90. The molecule has 1 aliphatic rings. The number of hydrogen-bond donors (Lipinski definition) is 1. The molecule has 1 aromatic carbocycles. The molecule has 0 aromatic heterocycles. The lowest BCUT2D eigenvalue weighted by Crippen LogP contribution is -2.31. The second kappa shape index (κ2) is 5.09. The van der Waals surface area contributed by atoms with Crippen LogP contribution in [0.25, 0.3) is 0 Å². The summed E-state index contributed by atoms with van der Waals surface area (Å²) >= 11 is 0. The van der Waals surface area contributed by atoms with Gasteiger partial charge in [-0.3, -0.25) is 14.4 Å². The molecule has 6 heteroatoms. The van der Waals surface area contributed by atoms with Gasteiger partial charge in [0.15, 0.2) is 0 Å². The molecule has 0 atom stereocenters. The number of carbonyl (C=O) groups is 3. The molecular formula is C13H14N2O4. The fourth-order valence-electron chi connectivity index (χ4n) is 2.12. The van der Waals surface area contributed by atoms with Crippen molar-refractivity contribution < 1.29 is 19.1 Å². The molecule has 0 aliphatic carbocycles. The zero-order valence-corrected chi connectivity index (χ0v) is 10.5. The topological polar surface area (TPSA) is 89.7 Å². The van der Waals surface area contributed by atoms with Crippen molar-refractivity contribution in [3.63, 3.8) is 0 Å². The van der Waals surface area contributed by atoms with Crippen molar-refractivity contribution >= 4 is 17.8 Å². The van der Waals surface area contributed by atoms with Gasteiger partial charge < -0.3 is 15.4 Å². The molecule has 1 aliphatic heterocycles. The van der Waals surface area contributed by atoms with Gasteiger partial charge >= 0.3 is 5.97 Å². The van der Waals surface area contributed by atoms with Crippen LogP contribution in [0.5, 0.6) is 0 Å².